The summed E-state index contributed by atoms with van der Waals surface area (Å²) >= 11 is 1.26. The lowest BCUT2D eigenvalue weighted by Gasteiger charge is -2.01. The summed E-state index contributed by atoms with van der Waals surface area (Å²) in [4.78, 5) is 1.07. The Balaban J connectivity index is 0. The third-order valence-electron chi connectivity index (χ3n) is 1.18. The molecule has 1 aliphatic rings. The Morgan fingerprint density at radius 2 is 2.09 bits per heavy atom. The highest BCUT2D eigenvalue weighted by Gasteiger charge is 1.95. The molecule has 0 saturated heterocycles. The summed E-state index contributed by atoms with van der Waals surface area (Å²) in [5, 5.41) is 0. The zero-order chi connectivity index (χ0) is 6.53. The summed E-state index contributed by atoms with van der Waals surface area (Å²) in [6.45, 7) is 0. The van der Waals surface area contributed by atoms with Crippen molar-refractivity contribution in [3.8, 4) is 0 Å². The smallest absolute Gasteiger partial charge is 0.139 e. The fraction of sp³-hybridized carbons (Fsp3) is 0.429. The average Bonchev–Trinajstić information content (AvgIpc) is 1.91. The molecule has 0 saturated carbocycles. The van der Waals surface area contributed by atoms with Gasteiger partial charge in [0, 0.05) is 4.91 Å². The summed E-state index contributed by atoms with van der Waals surface area (Å²) in [5.74, 6) is 0. The number of halogens is 1. The first kappa shape index (κ1) is 13.3. The van der Waals surface area contributed by atoms with E-state index in [4.69, 9.17) is 0 Å². The number of alkyl halides is 1. The van der Waals surface area contributed by atoms with Gasteiger partial charge in [0.1, 0.15) is 6.01 Å². The maximum Gasteiger partial charge on any atom is 0.139 e. The van der Waals surface area contributed by atoms with Crippen LogP contribution in [0.5, 0.6) is 0 Å². The molecule has 0 aliphatic heterocycles. The van der Waals surface area contributed by atoms with Gasteiger partial charge < -0.3 is 11.0 Å². The van der Waals surface area contributed by atoms with Gasteiger partial charge in [0.15, 0.2) is 0 Å². The lowest BCUT2D eigenvalue weighted by molar-refractivity contribution is 0.607. The highest BCUT2D eigenvalue weighted by molar-refractivity contribution is 8.03. The molecule has 0 spiro atoms. The van der Waals surface area contributed by atoms with E-state index in [1.54, 1.807) is 0 Å². The Hall–Kier alpha value is -0.320. The molecule has 1 aliphatic carbocycles. The molecule has 0 unspecified atom stereocenters. The molecule has 0 aromatic carbocycles. The molecule has 66 valence electrons. The van der Waals surface area contributed by atoms with Crippen molar-refractivity contribution >= 4 is 11.8 Å². The normalized spacial score (nSPS) is 14.5. The molecule has 4 heteroatoms. The molecule has 0 radical (unpaired) electrons. The molecule has 0 fully saturated rings. The molecule has 0 amide bonds. The van der Waals surface area contributed by atoms with Gasteiger partial charge in [-0.2, -0.15) is 0 Å². The van der Waals surface area contributed by atoms with Crippen molar-refractivity contribution in [1.82, 2.24) is 0 Å². The maximum absolute atomic E-state index is 11.7. The first-order chi connectivity index (χ1) is 4.43. The van der Waals surface area contributed by atoms with Gasteiger partial charge in [0.25, 0.3) is 0 Å². The van der Waals surface area contributed by atoms with E-state index < -0.39 is 0 Å². The minimum absolute atomic E-state index is 0. The van der Waals surface area contributed by atoms with Crippen LogP contribution in [0.2, 0.25) is 0 Å². The van der Waals surface area contributed by atoms with Gasteiger partial charge in [-0.3, -0.25) is 0 Å². The Kier molecular flexibility index (Phi) is 9.40. The fourth-order valence-electron chi connectivity index (χ4n) is 0.759. The predicted molar refractivity (Wildman–Crippen MR) is 47.3 cm³/mol. The van der Waals surface area contributed by atoms with Crippen LogP contribution in [0, 0.1) is 0 Å². The standard InChI is InChI=1S/C7H9FS.2H2O/c8-6-9-7-4-2-1-3-5-7;;/h2,4-5H,1,3,6H2;2*1H2. The summed E-state index contributed by atoms with van der Waals surface area (Å²) in [5.41, 5.74) is 0. The maximum atomic E-state index is 11.7. The van der Waals surface area contributed by atoms with Crippen molar-refractivity contribution in [1.29, 1.82) is 0 Å². The molecule has 11 heavy (non-hydrogen) atoms. The number of allylic oxidation sites excluding steroid dienone is 3. The summed E-state index contributed by atoms with van der Waals surface area (Å²) in [7, 11) is 0. The molecule has 4 N–H and O–H groups in total. The zero-order valence-corrected chi connectivity index (χ0v) is 6.96. The number of hydrogen-bond acceptors (Lipinski definition) is 1. The van der Waals surface area contributed by atoms with E-state index in [9.17, 15) is 4.39 Å². The Bertz CT molecular complexity index is 145. The second-order valence-corrected chi connectivity index (χ2v) is 2.82. The topological polar surface area (TPSA) is 63.0 Å². The number of hydrogen-bond donors (Lipinski definition) is 0. The van der Waals surface area contributed by atoms with E-state index >= 15 is 0 Å². The summed E-state index contributed by atoms with van der Waals surface area (Å²) in [6, 6.07) is -0.309. The monoisotopic (exact) mass is 180 g/mol. The average molecular weight is 180 g/mol. The van der Waals surface area contributed by atoms with E-state index in [1.165, 1.54) is 11.8 Å². The zero-order valence-electron chi connectivity index (χ0n) is 6.14. The molecule has 0 aromatic heterocycles. The molecule has 0 heterocycles. The van der Waals surface area contributed by atoms with Crippen molar-refractivity contribution in [2.24, 2.45) is 0 Å². The molecule has 0 atom stereocenters. The SMILES string of the molecule is FCSC1=CCCC=C1.O.O. The number of rotatable bonds is 2. The highest BCUT2D eigenvalue weighted by atomic mass is 32.2. The van der Waals surface area contributed by atoms with Crippen molar-refractivity contribution in [3.63, 3.8) is 0 Å². The van der Waals surface area contributed by atoms with Gasteiger partial charge in [-0.1, -0.05) is 30.0 Å². The third-order valence-corrected chi connectivity index (χ3v) is 1.93. The Morgan fingerprint density at radius 1 is 1.36 bits per heavy atom. The third kappa shape index (κ3) is 5.01. The van der Waals surface area contributed by atoms with E-state index in [-0.39, 0.29) is 17.0 Å². The molecular weight excluding hydrogens is 167 g/mol. The van der Waals surface area contributed by atoms with Gasteiger partial charge in [0.05, 0.1) is 0 Å². The number of thioether (sulfide) groups is 1. The molecule has 1 rings (SSSR count). The van der Waals surface area contributed by atoms with Gasteiger partial charge in [0.2, 0.25) is 0 Å². The van der Waals surface area contributed by atoms with Crippen LogP contribution in [0.25, 0.3) is 0 Å². The largest absolute Gasteiger partial charge is 0.412 e. The quantitative estimate of drug-likeness (QED) is 0.630. The lowest BCUT2D eigenvalue weighted by Crippen LogP contribution is -1.79. The van der Waals surface area contributed by atoms with Crippen LogP contribution >= 0.6 is 11.8 Å². The van der Waals surface area contributed by atoms with E-state index in [0.29, 0.717) is 0 Å². The van der Waals surface area contributed by atoms with Crippen molar-refractivity contribution in [2.45, 2.75) is 12.8 Å². The fourth-order valence-corrected chi connectivity index (χ4v) is 1.31. The highest BCUT2D eigenvalue weighted by Crippen LogP contribution is 2.21. The van der Waals surface area contributed by atoms with E-state index in [2.05, 4.69) is 12.2 Å². The second kappa shape index (κ2) is 7.78. The van der Waals surface area contributed by atoms with Crippen molar-refractivity contribution in [2.75, 3.05) is 6.01 Å². The minimum Gasteiger partial charge on any atom is -0.412 e. The summed E-state index contributed by atoms with van der Waals surface area (Å²) < 4.78 is 11.7. The van der Waals surface area contributed by atoms with Gasteiger partial charge in [-0.25, -0.2) is 4.39 Å². The second-order valence-electron chi connectivity index (χ2n) is 1.84. The molecule has 2 nitrogen and oxygen atoms in total. The van der Waals surface area contributed by atoms with Crippen molar-refractivity contribution < 1.29 is 15.3 Å². The van der Waals surface area contributed by atoms with Gasteiger partial charge in [-0.15, -0.1) is 0 Å². The Labute approximate surface area is 69.8 Å². The lowest BCUT2D eigenvalue weighted by atomic mass is 10.2. The van der Waals surface area contributed by atoms with Gasteiger partial charge >= 0.3 is 0 Å². The first-order valence-corrected chi connectivity index (χ1v) is 3.97. The van der Waals surface area contributed by atoms with Crippen LogP contribution in [0.15, 0.2) is 23.1 Å². The van der Waals surface area contributed by atoms with Crippen LogP contribution in [0.1, 0.15) is 12.8 Å². The van der Waals surface area contributed by atoms with E-state index in [1.807, 2.05) is 6.08 Å². The van der Waals surface area contributed by atoms with Crippen LogP contribution in [0.4, 0.5) is 4.39 Å². The Morgan fingerprint density at radius 3 is 2.55 bits per heavy atom. The van der Waals surface area contributed by atoms with Crippen LogP contribution < -0.4 is 0 Å². The molecular formula is C7H13FO2S. The first-order valence-electron chi connectivity index (χ1n) is 2.99. The summed E-state index contributed by atoms with van der Waals surface area (Å²) in [6.07, 6.45) is 8.31. The van der Waals surface area contributed by atoms with Crippen LogP contribution in [0.3, 0.4) is 0 Å². The van der Waals surface area contributed by atoms with Crippen LogP contribution in [-0.4, -0.2) is 17.0 Å². The molecule has 0 bridgehead atoms. The van der Waals surface area contributed by atoms with Gasteiger partial charge in [-0.05, 0) is 12.8 Å². The minimum atomic E-state index is -0.309. The predicted octanol–water partition coefficient (Wildman–Crippen LogP) is 1.23. The van der Waals surface area contributed by atoms with Crippen LogP contribution in [-0.2, 0) is 0 Å². The van der Waals surface area contributed by atoms with E-state index in [0.717, 1.165) is 17.7 Å². The molecule has 0 aromatic rings. The van der Waals surface area contributed by atoms with Crippen molar-refractivity contribution in [3.05, 3.63) is 23.1 Å².